The topological polar surface area (TPSA) is 108 Å². The van der Waals surface area contributed by atoms with E-state index in [1.165, 1.54) is 24.2 Å². The Morgan fingerprint density at radius 2 is 2.16 bits per heavy atom. The van der Waals surface area contributed by atoms with Crippen molar-refractivity contribution in [1.29, 1.82) is 0 Å². The summed E-state index contributed by atoms with van der Waals surface area (Å²) in [6.45, 7) is 3.63. The van der Waals surface area contributed by atoms with Crippen molar-refractivity contribution in [1.82, 2.24) is 19.1 Å². The van der Waals surface area contributed by atoms with Crippen molar-refractivity contribution in [3.63, 3.8) is 0 Å². The summed E-state index contributed by atoms with van der Waals surface area (Å²) in [6, 6.07) is 6.80. The molecule has 0 bridgehead atoms. The van der Waals surface area contributed by atoms with E-state index in [0.29, 0.717) is 21.8 Å². The number of hydrogen-bond acceptors (Lipinski definition) is 7. The number of aromatic nitrogens is 2. The molecule has 2 heterocycles. The molecule has 32 heavy (non-hydrogen) atoms. The van der Waals surface area contributed by atoms with Gasteiger partial charge in [0.15, 0.2) is 0 Å². The van der Waals surface area contributed by atoms with Gasteiger partial charge in [-0.1, -0.05) is 29.8 Å². The van der Waals surface area contributed by atoms with Gasteiger partial charge in [-0.2, -0.15) is 22.7 Å². The molecule has 0 saturated heterocycles. The average molecular weight is 484 g/mol. The van der Waals surface area contributed by atoms with Crippen molar-refractivity contribution in [3.05, 3.63) is 63.4 Å². The molecular formula is C20H23ClFN5O4S. The largest absolute Gasteiger partial charge is 0.395 e. The van der Waals surface area contributed by atoms with E-state index in [-0.39, 0.29) is 30.4 Å². The molecule has 0 aliphatic carbocycles. The molecule has 1 aromatic heterocycles. The van der Waals surface area contributed by atoms with Crippen LogP contribution in [0, 0.1) is 0 Å². The highest BCUT2D eigenvalue weighted by Crippen LogP contribution is 2.30. The number of amides is 1. The summed E-state index contributed by atoms with van der Waals surface area (Å²) in [6.07, 6.45) is 2.53. The Morgan fingerprint density at radius 1 is 1.44 bits per heavy atom. The average Bonchev–Trinajstić information content (AvgIpc) is 3.35. The normalized spacial score (nSPS) is 14.9. The number of hydrogen-bond donors (Lipinski definition) is 1. The molecule has 172 valence electrons. The number of allylic oxidation sites excluding steroid dienone is 1. The molecule has 2 aromatic rings. The summed E-state index contributed by atoms with van der Waals surface area (Å²) in [5, 5.41) is 19.0. The van der Waals surface area contributed by atoms with Gasteiger partial charge in [0, 0.05) is 36.2 Å². The molecule has 1 aliphatic heterocycles. The molecule has 1 N–H and O–H groups in total. The highest BCUT2D eigenvalue weighted by atomic mass is 35.5. The van der Waals surface area contributed by atoms with Crippen molar-refractivity contribution in [3.8, 4) is 0 Å². The first-order chi connectivity index (χ1) is 15.2. The summed E-state index contributed by atoms with van der Waals surface area (Å²) in [5.74, 6) is -1.16. The number of halogens is 2. The molecule has 0 fully saturated rings. The van der Waals surface area contributed by atoms with Crippen molar-refractivity contribution in [2.24, 2.45) is 5.10 Å². The minimum Gasteiger partial charge on any atom is -0.395 e. The maximum absolute atomic E-state index is 13.0. The first kappa shape index (κ1) is 23.9. The van der Waals surface area contributed by atoms with Gasteiger partial charge in [0.2, 0.25) is 5.91 Å². The van der Waals surface area contributed by atoms with Gasteiger partial charge < -0.3 is 10.0 Å². The molecule has 12 heteroatoms. The Balaban J connectivity index is 1.78. The Bertz CT molecular complexity index is 1130. The SMILES string of the molecule is C=NN(/C=C(\C)S(=O)(=O)n1cc2c(n1)CN(C(=O)[C@@H](CO)c1ccccc1Cl)C2)CCF. The van der Waals surface area contributed by atoms with Crippen LogP contribution in [0.5, 0.6) is 0 Å². The lowest BCUT2D eigenvalue weighted by atomic mass is 9.98. The molecule has 0 radical (unpaired) electrons. The highest BCUT2D eigenvalue weighted by molar-refractivity contribution is 7.93. The molecular weight excluding hydrogens is 461 g/mol. The lowest BCUT2D eigenvalue weighted by Gasteiger charge is -2.23. The molecule has 0 unspecified atom stereocenters. The highest BCUT2D eigenvalue weighted by Gasteiger charge is 2.33. The Labute approximate surface area is 190 Å². The molecule has 0 spiro atoms. The predicted octanol–water partition coefficient (Wildman–Crippen LogP) is 2.08. The third-order valence-corrected chi connectivity index (χ3v) is 7.05. The van der Waals surface area contributed by atoms with E-state index in [1.807, 2.05) is 0 Å². The Hall–Kier alpha value is -2.76. The molecule has 3 rings (SSSR count). The van der Waals surface area contributed by atoms with E-state index in [1.54, 1.807) is 24.3 Å². The third kappa shape index (κ3) is 4.69. The second-order valence-electron chi connectivity index (χ2n) is 7.16. The first-order valence-corrected chi connectivity index (χ1v) is 11.5. The number of hydrazone groups is 1. The summed E-state index contributed by atoms with van der Waals surface area (Å²) in [5.41, 5.74) is 1.54. The number of benzene rings is 1. The van der Waals surface area contributed by atoms with Crippen LogP contribution in [0.4, 0.5) is 4.39 Å². The molecule has 9 nitrogen and oxygen atoms in total. The summed E-state index contributed by atoms with van der Waals surface area (Å²) >= 11 is 6.18. The first-order valence-electron chi connectivity index (χ1n) is 9.67. The Morgan fingerprint density at radius 3 is 2.75 bits per heavy atom. The van der Waals surface area contributed by atoms with Crippen LogP contribution in [-0.2, 0) is 27.9 Å². The summed E-state index contributed by atoms with van der Waals surface area (Å²) in [4.78, 5) is 14.4. The number of alkyl halides is 1. The maximum Gasteiger partial charge on any atom is 0.280 e. The fraction of sp³-hybridized carbons (Fsp3) is 0.350. The monoisotopic (exact) mass is 483 g/mol. The van der Waals surface area contributed by atoms with Crippen LogP contribution < -0.4 is 0 Å². The minimum absolute atomic E-state index is 0.0912. The van der Waals surface area contributed by atoms with Crippen molar-refractivity contribution in [2.75, 3.05) is 19.8 Å². The van der Waals surface area contributed by atoms with Gasteiger partial charge in [-0.15, -0.1) is 0 Å². The molecule has 0 saturated carbocycles. The van der Waals surface area contributed by atoms with Gasteiger partial charge in [0.05, 0.1) is 36.2 Å². The predicted molar refractivity (Wildman–Crippen MR) is 118 cm³/mol. The zero-order valence-electron chi connectivity index (χ0n) is 17.4. The second-order valence-corrected chi connectivity index (χ2v) is 9.54. The molecule has 1 aliphatic rings. The number of aliphatic hydroxyl groups excluding tert-OH is 1. The number of nitrogens with zero attached hydrogens (tertiary/aromatic N) is 5. The maximum atomic E-state index is 13.0. The zero-order valence-corrected chi connectivity index (χ0v) is 18.9. The van der Waals surface area contributed by atoms with Crippen LogP contribution in [0.2, 0.25) is 5.02 Å². The third-order valence-electron chi connectivity index (χ3n) is 5.11. The van der Waals surface area contributed by atoms with Crippen LogP contribution in [-0.4, -0.2) is 65.1 Å². The van der Waals surface area contributed by atoms with Crippen molar-refractivity contribution in [2.45, 2.75) is 25.9 Å². The van der Waals surface area contributed by atoms with Gasteiger partial charge >= 0.3 is 0 Å². The van der Waals surface area contributed by atoms with E-state index >= 15 is 0 Å². The van der Waals surface area contributed by atoms with E-state index < -0.39 is 29.2 Å². The van der Waals surface area contributed by atoms with Crippen molar-refractivity contribution < 1.29 is 22.7 Å². The van der Waals surface area contributed by atoms with E-state index in [2.05, 4.69) is 16.9 Å². The summed E-state index contributed by atoms with van der Waals surface area (Å²) < 4.78 is 39.0. The van der Waals surface area contributed by atoms with Crippen molar-refractivity contribution >= 4 is 34.2 Å². The number of rotatable bonds is 9. The lowest BCUT2D eigenvalue weighted by Crippen LogP contribution is -2.33. The molecule has 1 aromatic carbocycles. The van der Waals surface area contributed by atoms with Crippen LogP contribution in [0.1, 0.15) is 29.7 Å². The van der Waals surface area contributed by atoms with E-state index in [0.717, 1.165) is 9.10 Å². The molecule has 1 atom stereocenters. The van der Waals surface area contributed by atoms with Gasteiger partial charge in [0.25, 0.3) is 10.0 Å². The summed E-state index contributed by atoms with van der Waals surface area (Å²) in [7, 11) is -3.99. The number of fused-ring (bicyclic) bond motifs is 1. The fourth-order valence-electron chi connectivity index (χ4n) is 3.38. The van der Waals surface area contributed by atoms with E-state index in [9.17, 15) is 22.7 Å². The number of aliphatic hydroxyl groups is 1. The van der Waals surface area contributed by atoms with Gasteiger partial charge in [-0.3, -0.25) is 9.80 Å². The van der Waals surface area contributed by atoms with Crippen LogP contribution in [0.25, 0.3) is 0 Å². The quantitative estimate of drug-likeness (QED) is 0.432. The molecule has 1 amide bonds. The fourth-order valence-corrected chi connectivity index (χ4v) is 4.67. The second kappa shape index (κ2) is 9.80. The lowest BCUT2D eigenvalue weighted by molar-refractivity contribution is -0.134. The van der Waals surface area contributed by atoms with E-state index in [4.69, 9.17) is 11.6 Å². The van der Waals surface area contributed by atoms with Crippen LogP contribution in [0.15, 0.2) is 46.7 Å². The smallest absolute Gasteiger partial charge is 0.280 e. The Kier molecular flexibility index (Phi) is 7.32. The number of carbonyl (C=O) groups is 1. The standard InChI is InChI=1S/C20H23ClFN5O4S/c1-14(9-26(23-2)8-7-22)32(30,31)27-11-15-10-25(12-19(15)24-27)20(29)17(13-28)16-5-3-4-6-18(16)21/h3-6,9,11,17,28H,2,7-8,10,12-13H2,1H3/b14-9+/t17-/m0/s1. The van der Waals surface area contributed by atoms with Gasteiger partial charge in [-0.25, -0.2) is 4.39 Å². The zero-order chi connectivity index (χ0) is 23.5. The number of carbonyl (C=O) groups excluding carboxylic acids is 1. The van der Waals surface area contributed by atoms with Crippen LogP contribution >= 0.6 is 11.6 Å². The van der Waals surface area contributed by atoms with Gasteiger partial charge in [0.1, 0.15) is 6.67 Å². The minimum atomic E-state index is -3.99. The van der Waals surface area contributed by atoms with Gasteiger partial charge in [-0.05, 0) is 18.6 Å². The van der Waals surface area contributed by atoms with Crippen LogP contribution in [0.3, 0.4) is 0 Å².